The van der Waals surface area contributed by atoms with Gasteiger partial charge in [-0.3, -0.25) is 4.79 Å². The number of halogens is 2. The van der Waals surface area contributed by atoms with Gasteiger partial charge in [-0.2, -0.15) is 14.6 Å². The second kappa shape index (κ2) is 7.05. The molecule has 9 heteroatoms. The molecule has 1 saturated carbocycles. The quantitative estimate of drug-likeness (QED) is 0.659. The van der Waals surface area contributed by atoms with Gasteiger partial charge >= 0.3 is 0 Å². The minimum absolute atomic E-state index is 0.0217. The summed E-state index contributed by atoms with van der Waals surface area (Å²) < 4.78 is 27.6. The van der Waals surface area contributed by atoms with Crippen molar-refractivity contribution in [2.45, 2.75) is 39.2 Å². The van der Waals surface area contributed by atoms with Crippen molar-refractivity contribution in [3.05, 3.63) is 50.7 Å². The van der Waals surface area contributed by atoms with Crippen LogP contribution >= 0.6 is 11.3 Å². The number of rotatable bonds is 4. The van der Waals surface area contributed by atoms with Crippen LogP contribution in [-0.2, 0) is 0 Å². The van der Waals surface area contributed by atoms with Crippen LogP contribution in [0.4, 0.5) is 8.78 Å². The fourth-order valence-electron chi connectivity index (χ4n) is 3.41. The summed E-state index contributed by atoms with van der Waals surface area (Å²) in [5.74, 6) is 0.171. The number of hydrogen-bond donors (Lipinski definition) is 0. The molecule has 28 heavy (non-hydrogen) atoms. The fourth-order valence-corrected chi connectivity index (χ4v) is 4.33. The predicted molar refractivity (Wildman–Crippen MR) is 103 cm³/mol. The summed E-state index contributed by atoms with van der Waals surface area (Å²) in [6.07, 6.45) is 1.86. The highest BCUT2D eigenvalue weighted by Gasteiger charge is 2.31. The molecule has 1 aliphatic rings. The van der Waals surface area contributed by atoms with Crippen LogP contribution in [0.25, 0.3) is 11.9 Å². The third kappa shape index (κ3) is 3.30. The van der Waals surface area contributed by atoms with Gasteiger partial charge in [0.15, 0.2) is 0 Å². The van der Waals surface area contributed by atoms with Gasteiger partial charge in [-0.1, -0.05) is 5.57 Å². The number of amides is 1. The normalized spacial score (nSPS) is 16.5. The summed E-state index contributed by atoms with van der Waals surface area (Å²) >= 11 is 1.62. The van der Waals surface area contributed by atoms with Crippen LogP contribution in [-0.4, -0.2) is 43.5 Å². The molecule has 1 fully saturated rings. The van der Waals surface area contributed by atoms with Crippen LogP contribution in [0.3, 0.4) is 0 Å². The largest absolute Gasteiger partial charge is 0.338 e. The smallest absolute Gasteiger partial charge is 0.280 e. The molecule has 3 heterocycles. The number of fused-ring (bicyclic) bond motifs is 1. The number of aromatic nitrogens is 4. The lowest BCUT2D eigenvalue weighted by Gasteiger charge is -2.37. The maximum Gasteiger partial charge on any atom is 0.280 e. The van der Waals surface area contributed by atoms with Crippen LogP contribution in [0.1, 0.15) is 50.8 Å². The van der Waals surface area contributed by atoms with Gasteiger partial charge in [0.2, 0.25) is 0 Å². The highest BCUT2D eigenvalue weighted by atomic mass is 32.1. The number of carbonyl (C=O) groups is 1. The van der Waals surface area contributed by atoms with E-state index in [0.29, 0.717) is 18.5 Å². The van der Waals surface area contributed by atoms with E-state index in [1.165, 1.54) is 16.9 Å². The Kier molecular flexibility index (Phi) is 4.70. The lowest BCUT2D eigenvalue weighted by Crippen LogP contribution is -2.42. The summed E-state index contributed by atoms with van der Waals surface area (Å²) in [6, 6.07) is 3.36. The van der Waals surface area contributed by atoms with Gasteiger partial charge in [0.1, 0.15) is 12.0 Å². The molecule has 6 nitrogen and oxygen atoms in total. The third-order valence-corrected chi connectivity index (χ3v) is 5.98. The molecule has 0 N–H and O–H groups in total. The molecule has 3 aromatic heterocycles. The van der Waals surface area contributed by atoms with Gasteiger partial charge in [-0.15, -0.1) is 11.3 Å². The first kappa shape index (κ1) is 18.7. The molecule has 4 rings (SSSR count). The first-order valence-corrected chi connectivity index (χ1v) is 9.67. The minimum atomic E-state index is -2.67. The molecular weight excluding hydrogens is 384 g/mol. The average molecular weight is 403 g/mol. The van der Waals surface area contributed by atoms with E-state index in [2.05, 4.69) is 15.1 Å². The summed E-state index contributed by atoms with van der Waals surface area (Å²) in [5, 5.41) is 4.05. The molecule has 0 bridgehead atoms. The second-order valence-electron chi connectivity index (χ2n) is 6.99. The van der Waals surface area contributed by atoms with Crippen molar-refractivity contribution >= 4 is 29.1 Å². The van der Waals surface area contributed by atoms with Crippen LogP contribution in [0, 0.1) is 13.8 Å². The summed E-state index contributed by atoms with van der Waals surface area (Å²) in [5.41, 5.74) is 2.02. The van der Waals surface area contributed by atoms with Crippen molar-refractivity contribution in [2.75, 3.05) is 7.05 Å². The lowest BCUT2D eigenvalue weighted by atomic mass is 9.84. The van der Waals surface area contributed by atoms with E-state index in [4.69, 9.17) is 0 Å². The van der Waals surface area contributed by atoms with E-state index in [1.54, 1.807) is 16.2 Å². The first-order chi connectivity index (χ1) is 13.3. The third-order valence-electron chi connectivity index (χ3n) is 5.01. The zero-order valence-electron chi connectivity index (χ0n) is 15.7. The van der Waals surface area contributed by atoms with E-state index in [0.717, 1.165) is 20.9 Å². The Morgan fingerprint density at radius 3 is 2.75 bits per heavy atom. The van der Waals surface area contributed by atoms with Crippen molar-refractivity contribution in [1.29, 1.82) is 0 Å². The highest BCUT2D eigenvalue weighted by Crippen LogP contribution is 2.34. The Morgan fingerprint density at radius 1 is 1.36 bits per heavy atom. The molecule has 1 aliphatic carbocycles. The summed E-state index contributed by atoms with van der Waals surface area (Å²) in [6.45, 7) is 3.95. The van der Waals surface area contributed by atoms with Crippen LogP contribution < -0.4 is 0 Å². The van der Waals surface area contributed by atoms with Crippen LogP contribution in [0.15, 0.2) is 24.0 Å². The van der Waals surface area contributed by atoms with E-state index in [9.17, 15) is 13.6 Å². The molecule has 0 spiro atoms. The van der Waals surface area contributed by atoms with Crippen molar-refractivity contribution in [3.8, 4) is 0 Å². The number of nitrogens with zero attached hydrogens (tertiary/aromatic N) is 5. The Hall–Kier alpha value is -2.68. The van der Waals surface area contributed by atoms with Gasteiger partial charge in [0.25, 0.3) is 18.1 Å². The molecule has 0 atom stereocenters. The maximum atomic E-state index is 13.1. The number of thiophene rings is 1. The zero-order valence-corrected chi connectivity index (χ0v) is 16.5. The maximum absolute atomic E-state index is 13.1. The van der Waals surface area contributed by atoms with Crippen molar-refractivity contribution in [3.63, 3.8) is 0 Å². The molecule has 0 radical (unpaired) electrons. The van der Waals surface area contributed by atoms with Gasteiger partial charge in [0, 0.05) is 22.8 Å². The average Bonchev–Trinajstić information content (AvgIpc) is 3.21. The van der Waals surface area contributed by atoms with Gasteiger partial charge in [-0.25, -0.2) is 13.8 Å². The van der Waals surface area contributed by atoms with Gasteiger partial charge in [0.05, 0.1) is 11.3 Å². The molecule has 0 aliphatic heterocycles. The highest BCUT2D eigenvalue weighted by molar-refractivity contribution is 7.12. The van der Waals surface area contributed by atoms with Crippen LogP contribution in [0.5, 0.6) is 0 Å². The Morgan fingerprint density at radius 2 is 2.11 bits per heavy atom. The standard InChI is InChI=1S/C19H19F2N5OS/c1-10-4-15(11(2)28-10)18(27)25(3)13-5-12(6-13)7-14-8-16(17(20)21)24-19-22-9-23-26(14)19/h4,7-9,13,17H,5-6H2,1-3H3. The molecule has 3 aromatic rings. The van der Waals surface area contributed by atoms with E-state index < -0.39 is 6.43 Å². The Balaban J connectivity index is 1.51. The van der Waals surface area contributed by atoms with Crippen molar-refractivity contribution in [2.24, 2.45) is 0 Å². The molecule has 1 amide bonds. The minimum Gasteiger partial charge on any atom is -0.338 e. The lowest BCUT2D eigenvalue weighted by molar-refractivity contribution is 0.0699. The van der Waals surface area contributed by atoms with E-state index in [1.807, 2.05) is 33.0 Å². The Labute approximate surface area is 164 Å². The number of hydrogen-bond acceptors (Lipinski definition) is 5. The first-order valence-electron chi connectivity index (χ1n) is 8.86. The summed E-state index contributed by atoms with van der Waals surface area (Å²) in [4.78, 5) is 24.4. The van der Waals surface area contributed by atoms with Gasteiger partial charge in [-0.05, 0) is 44.9 Å². The van der Waals surface area contributed by atoms with Gasteiger partial charge < -0.3 is 4.90 Å². The van der Waals surface area contributed by atoms with E-state index in [-0.39, 0.29) is 23.4 Å². The van der Waals surface area contributed by atoms with Crippen molar-refractivity contribution in [1.82, 2.24) is 24.5 Å². The number of alkyl halides is 2. The molecule has 0 unspecified atom stereocenters. The number of carbonyl (C=O) groups excluding carboxylic acids is 1. The topological polar surface area (TPSA) is 63.4 Å². The molecule has 146 valence electrons. The molecule has 0 saturated heterocycles. The predicted octanol–water partition coefficient (Wildman–Crippen LogP) is 4.06. The van der Waals surface area contributed by atoms with Crippen molar-refractivity contribution < 1.29 is 13.6 Å². The Bertz CT molecular complexity index is 1080. The van der Waals surface area contributed by atoms with Crippen LogP contribution in [0.2, 0.25) is 0 Å². The SMILES string of the molecule is Cc1cc(C(=O)N(C)C2CC(=Cc3cc(C(F)F)nc4ncnn34)C2)c(C)s1. The molecular formula is C19H19F2N5OS. The monoisotopic (exact) mass is 403 g/mol. The summed E-state index contributed by atoms with van der Waals surface area (Å²) in [7, 11) is 1.81. The zero-order chi connectivity index (χ0) is 20.0. The number of aryl methyl sites for hydroxylation is 2. The molecule has 0 aromatic carbocycles. The fraction of sp³-hybridized carbons (Fsp3) is 0.368. The second-order valence-corrected chi connectivity index (χ2v) is 8.45. The van der Waals surface area contributed by atoms with E-state index >= 15 is 0 Å².